The number of aliphatic carboxylic acids is 4. The number of thioether (sulfide) groups is 6. The summed E-state index contributed by atoms with van der Waals surface area (Å²) < 4.78 is 9.06. The van der Waals surface area contributed by atoms with Crippen LogP contribution in [0.15, 0.2) is 111 Å². The number of nitrogen functional groups attached to an aromatic ring is 2. The number of aromatic hydroxyl groups is 4. The van der Waals surface area contributed by atoms with Crippen molar-refractivity contribution in [2.75, 3.05) is 34.5 Å². The van der Waals surface area contributed by atoms with Crippen LogP contribution in [0.25, 0.3) is 0 Å². The summed E-state index contributed by atoms with van der Waals surface area (Å²) in [6.07, 6.45) is 3.09. The van der Waals surface area contributed by atoms with Crippen LogP contribution in [-0.2, 0) is 48.0 Å². The van der Waals surface area contributed by atoms with Crippen LogP contribution < -0.4 is 91.4 Å². The Labute approximate surface area is 590 Å². The van der Waals surface area contributed by atoms with Gasteiger partial charge in [-0.05, 0) is 70.6 Å². The summed E-state index contributed by atoms with van der Waals surface area (Å²) in [7, 11) is 0. The summed E-state index contributed by atoms with van der Waals surface area (Å²) in [5, 5.41) is 103. The number of hydrogen-bond acceptors (Lipinski definition) is 36. The number of carbonyl (C=O) groups excluding carboxylic acids is 6. The van der Waals surface area contributed by atoms with Crippen molar-refractivity contribution in [3.63, 3.8) is 0 Å². The minimum atomic E-state index is -1.71. The van der Waals surface area contributed by atoms with E-state index in [0.717, 1.165) is 88.2 Å². The number of carboxylic acid groups (broad SMARTS) is 4. The molecule has 2 unspecified atom stereocenters. The molecule has 32 nitrogen and oxygen atoms in total. The Balaban J connectivity index is 0.000000250. The van der Waals surface area contributed by atoms with Crippen molar-refractivity contribution in [1.29, 1.82) is 0 Å². The Morgan fingerprint density at radius 1 is 0.644 bits per heavy atom. The predicted molar refractivity (Wildman–Crippen MR) is 318 cm³/mol. The minimum absolute atomic E-state index is 0. The quantitative estimate of drug-likeness (QED) is 0.00513. The Bertz CT molecular complexity index is 3620. The van der Waals surface area contributed by atoms with E-state index in [1.807, 2.05) is 0 Å². The van der Waals surface area contributed by atoms with Crippen LogP contribution in [-0.4, -0.2) is 185 Å². The molecule has 2 aromatic carbocycles. The van der Waals surface area contributed by atoms with Gasteiger partial charge in [-0.2, -0.15) is 0 Å². The van der Waals surface area contributed by atoms with Crippen LogP contribution in [0.4, 0.5) is 10.3 Å². The van der Waals surface area contributed by atoms with Crippen LogP contribution in [0.1, 0.15) is 11.4 Å². The second kappa shape index (κ2) is 32.0. The second-order valence-corrected chi connectivity index (χ2v) is 27.7. The molecule has 4 aromatic heterocycles. The van der Waals surface area contributed by atoms with Gasteiger partial charge in [-0.25, -0.2) is 19.6 Å². The van der Waals surface area contributed by atoms with E-state index in [1.54, 1.807) is 12.4 Å². The van der Waals surface area contributed by atoms with E-state index in [0.29, 0.717) is 34.7 Å². The number of benzene rings is 2. The van der Waals surface area contributed by atoms with Gasteiger partial charge in [0.2, 0.25) is 0 Å². The average molecular weight is 1440 g/mol. The summed E-state index contributed by atoms with van der Waals surface area (Å²) in [5.41, 5.74) is 7.31. The fourth-order valence-corrected chi connectivity index (χ4v) is 16.2. The number of oxime groups is 2. The van der Waals surface area contributed by atoms with E-state index >= 15 is 0 Å². The largest absolute Gasteiger partial charge is 1.00 e. The topological polar surface area (TPSA) is 507 Å². The number of anilines is 2. The number of thiazole rings is 2. The second-order valence-electron chi connectivity index (χ2n) is 17.4. The molecule has 0 radical (unpaired) electrons. The number of carboxylic acids is 4. The average Bonchev–Trinajstić information content (AvgIpc) is 1.56. The predicted octanol–water partition coefficient (Wildman–Crippen LogP) is -5.78. The summed E-state index contributed by atoms with van der Waals surface area (Å²) in [4.78, 5) is 122. The van der Waals surface area contributed by atoms with Crippen molar-refractivity contribution < 1.29 is 148 Å². The standard InChI is InChI=1S/2C23H19N7O9S5.2Na/c2*24-23-26-10(7-42-23)14(28-39-22(21(37)38)43-9-1-2-11(31)12(32)3-9)17(33)27-15-18(34)30-16(20(35)36)8(6-41-19(15)30)5-40-13-4-25-29-44-13;;/h2*1-4,7,15,19,22,31-32H,5-6H2,(H2,24,26)(H,27,33)(H,35,36)(H,37,38);;/q;;2*+1/p-2/b2*28-14+;;/t2*15-,19-,22?;;/m11../s1. The third-order valence-electron chi connectivity index (χ3n) is 11.7. The first-order valence-corrected chi connectivity index (χ1v) is 33.1. The number of nitrogens with two attached hydrogens (primary N) is 2. The number of hydrogen-bond donors (Lipinski definition) is 10. The van der Waals surface area contributed by atoms with Crippen LogP contribution in [0, 0.1) is 0 Å². The van der Waals surface area contributed by atoms with Crippen LogP contribution in [0.2, 0.25) is 0 Å². The van der Waals surface area contributed by atoms with Crippen molar-refractivity contribution in [2.24, 2.45) is 10.3 Å². The Hall–Kier alpha value is -6.10. The Morgan fingerprint density at radius 2 is 1.03 bits per heavy atom. The maximum absolute atomic E-state index is 13.4. The summed E-state index contributed by atoms with van der Waals surface area (Å²) in [6.45, 7) is 0. The maximum Gasteiger partial charge on any atom is 1.00 e. The number of phenols is 4. The van der Waals surface area contributed by atoms with Crippen molar-refractivity contribution in [3.05, 3.63) is 93.5 Å². The van der Waals surface area contributed by atoms with Gasteiger partial charge in [0.1, 0.15) is 42.6 Å². The third-order valence-corrected chi connectivity index (χ3v) is 21.7. The number of rotatable bonds is 24. The molecule has 90 heavy (non-hydrogen) atoms. The number of nitrogens with one attached hydrogen (secondary N) is 2. The van der Waals surface area contributed by atoms with Gasteiger partial charge in [0, 0.05) is 43.6 Å². The fraction of sp³-hybridized carbons (Fsp3) is 0.217. The molecule has 0 spiro atoms. The van der Waals surface area contributed by atoms with Gasteiger partial charge >= 0.3 is 71.1 Å². The molecule has 2 fully saturated rings. The first-order chi connectivity index (χ1) is 42.1. The first-order valence-electron chi connectivity index (χ1n) is 24.0. The van der Waals surface area contributed by atoms with E-state index in [-0.39, 0.29) is 125 Å². The number of aromatic nitrogens is 6. The number of β-lactam (4-membered cyclic amide) rings is 2. The van der Waals surface area contributed by atoms with Gasteiger partial charge in [-0.15, -0.1) is 79.9 Å². The monoisotopic (exact) mass is 1440 g/mol. The third kappa shape index (κ3) is 16.9. The molecule has 0 bridgehead atoms. The molecule has 12 N–H and O–H groups in total. The van der Waals surface area contributed by atoms with Gasteiger partial charge in [0.25, 0.3) is 34.5 Å². The molecule has 8 heterocycles. The zero-order valence-corrected chi connectivity index (χ0v) is 57.5. The Kier molecular flexibility index (Phi) is 25.3. The number of nitrogens with zero attached hydrogens (tertiary/aromatic N) is 10. The molecule has 460 valence electrons. The van der Waals surface area contributed by atoms with Gasteiger partial charge < -0.3 is 82.2 Å². The summed E-state index contributed by atoms with van der Waals surface area (Å²) in [5.74, 6) is -10.1. The molecule has 4 amide bonds. The molecular formula is C46H36N14Na2O18S10. The van der Waals surface area contributed by atoms with E-state index in [1.165, 1.54) is 69.9 Å². The zero-order chi connectivity index (χ0) is 63.1. The molecule has 10 rings (SSSR count). The van der Waals surface area contributed by atoms with Gasteiger partial charge in [0.15, 0.2) is 44.7 Å². The van der Waals surface area contributed by atoms with Crippen molar-refractivity contribution in [2.45, 2.75) is 51.9 Å². The van der Waals surface area contributed by atoms with Crippen LogP contribution >= 0.6 is 116 Å². The van der Waals surface area contributed by atoms with Crippen molar-refractivity contribution >= 4 is 186 Å². The normalized spacial score (nSPS) is 18.4. The number of carbonyl (C=O) groups is 8. The van der Waals surface area contributed by atoms with E-state index in [9.17, 15) is 79.2 Å². The van der Waals surface area contributed by atoms with Gasteiger partial charge in [-0.3, -0.25) is 29.0 Å². The smallest absolute Gasteiger partial charge is 0.543 e. The van der Waals surface area contributed by atoms with Crippen LogP contribution in [0.3, 0.4) is 0 Å². The van der Waals surface area contributed by atoms with Gasteiger partial charge in [0.05, 0.1) is 35.7 Å². The van der Waals surface area contributed by atoms with E-state index in [2.05, 4.69) is 50.1 Å². The molecule has 0 saturated carbocycles. The zero-order valence-electron chi connectivity index (χ0n) is 45.4. The molecule has 0 aliphatic carbocycles. The number of amides is 4. The molecule has 4 aliphatic heterocycles. The van der Waals surface area contributed by atoms with Crippen molar-refractivity contribution in [1.82, 2.24) is 49.6 Å². The molecule has 6 atom stereocenters. The Morgan fingerprint density at radius 3 is 1.34 bits per heavy atom. The molecule has 2 saturated heterocycles. The fourth-order valence-electron chi connectivity index (χ4n) is 7.78. The summed E-state index contributed by atoms with van der Waals surface area (Å²) in [6, 6.07) is 4.92. The van der Waals surface area contributed by atoms with E-state index in [4.69, 9.17) is 21.1 Å². The number of fused-ring (bicyclic) bond motifs is 2. The number of phenolic OH excluding ortho intramolecular Hbond substituents is 4. The summed E-state index contributed by atoms with van der Waals surface area (Å²) >= 11 is 10.6. The van der Waals surface area contributed by atoms with Crippen LogP contribution in [0.5, 0.6) is 23.0 Å². The molecule has 4 aliphatic rings. The first kappa shape index (κ1) is 71.3. The molecule has 44 heteroatoms. The van der Waals surface area contributed by atoms with Gasteiger partial charge in [-0.1, -0.05) is 42.8 Å². The van der Waals surface area contributed by atoms with Crippen molar-refractivity contribution in [3.8, 4) is 23.0 Å². The molecule has 6 aromatic rings. The SMILES string of the molecule is Nc1nc(/C(=N\OC(Sc2ccc(O)c(O)c2)C(=O)O)C(=O)N[C@@H]2C(=O)N3C(C(=O)[O-])=C(CSc4cnns4)CS[C@H]23)cs1.Nc1nc(/C(=N\OC(Sc2ccc(O)c(O)c2)C(=O)O)C(=O)N[C@@H]2C(=O)N3C(C(=O)[O-])=C(CSc4cnns4)CS[C@H]23)cs1.[Na+].[Na+]. The molecular weight excluding hydrogens is 1400 g/mol. The maximum atomic E-state index is 13.4. The van der Waals surface area contributed by atoms with E-state index < -0.39 is 116 Å². The minimum Gasteiger partial charge on any atom is -0.543 e.